The number of rotatable bonds is 3. The van der Waals surface area contributed by atoms with Crippen molar-refractivity contribution in [3.05, 3.63) is 30.6 Å². The molecule has 4 nitrogen and oxygen atoms in total. The van der Waals surface area contributed by atoms with E-state index in [1.165, 1.54) is 6.08 Å². The molecule has 0 bridgehead atoms. The monoisotopic (exact) mass is 180 g/mol. The molecule has 2 N–H and O–H groups in total. The van der Waals surface area contributed by atoms with Gasteiger partial charge in [-0.25, -0.2) is 4.79 Å². The smallest absolute Gasteiger partial charge is 0.355 e. The Hall–Kier alpha value is -1.71. The minimum atomic E-state index is -0.390. The van der Waals surface area contributed by atoms with Gasteiger partial charge >= 0.3 is 5.97 Å². The predicted octanol–water partition coefficient (Wildman–Crippen LogP) is 0.950. The summed E-state index contributed by atoms with van der Waals surface area (Å²) in [6, 6.07) is 1.57. The molecule has 0 aliphatic heterocycles. The number of ether oxygens (including phenoxy) is 1. The largest absolute Gasteiger partial charge is 0.457 e. The first-order valence-electron chi connectivity index (χ1n) is 3.85. The number of hydrogen-bond donors (Lipinski definition) is 1. The van der Waals surface area contributed by atoms with Crippen molar-refractivity contribution in [3.63, 3.8) is 0 Å². The fourth-order valence-electron chi connectivity index (χ4n) is 1.00. The Kier molecular flexibility index (Phi) is 2.74. The van der Waals surface area contributed by atoms with E-state index >= 15 is 0 Å². The lowest BCUT2D eigenvalue weighted by Crippen LogP contribution is -2.09. The van der Waals surface area contributed by atoms with Crippen LogP contribution in [0.1, 0.15) is 10.5 Å². The zero-order chi connectivity index (χ0) is 9.84. The highest BCUT2D eigenvalue weighted by atomic mass is 16.5. The number of nitrogens with zero attached hydrogens (tertiary/aromatic N) is 1. The van der Waals surface area contributed by atoms with Crippen LogP contribution < -0.4 is 5.73 Å². The Morgan fingerprint density at radius 2 is 2.54 bits per heavy atom. The van der Waals surface area contributed by atoms with Gasteiger partial charge in [0.05, 0.1) is 5.69 Å². The van der Waals surface area contributed by atoms with E-state index in [1.54, 1.807) is 23.9 Å². The third-order valence-electron chi connectivity index (χ3n) is 1.57. The van der Waals surface area contributed by atoms with Crippen LogP contribution >= 0.6 is 0 Å². The molecule has 0 saturated carbocycles. The molecule has 0 fully saturated rings. The molecule has 0 aliphatic rings. The highest BCUT2D eigenvalue weighted by molar-refractivity contribution is 5.89. The number of esters is 1. The summed E-state index contributed by atoms with van der Waals surface area (Å²) in [7, 11) is 1.74. The summed E-state index contributed by atoms with van der Waals surface area (Å²) in [6.45, 7) is 3.66. The first kappa shape index (κ1) is 9.38. The predicted molar refractivity (Wildman–Crippen MR) is 50.3 cm³/mol. The van der Waals surface area contributed by atoms with Crippen molar-refractivity contribution >= 4 is 11.7 Å². The Balaban J connectivity index is 2.76. The molecule has 4 heteroatoms. The van der Waals surface area contributed by atoms with Crippen LogP contribution in [0.25, 0.3) is 0 Å². The maximum Gasteiger partial charge on any atom is 0.355 e. The lowest BCUT2D eigenvalue weighted by Gasteiger charge is -2.01. The molecular formula is C9H12N2O2. The molecule has 13 heavy (non-hydrogen) atoms. The van der Waals surface area contributed by atoms with Gasteiger partial charge in [-0.2, -0.15) is 0 Å². The maximum absolute atomic E-state index is 11.3. The first-order valence-corrected chi connectivity index (χ1v) is 3.85. The third kappa shape index (κ3) is 2.11. The van der Waals surface area contributed by atoms with Gasteiger partial charge in [-0.15, -0.1) is 0 Å². The van der Waals surface area contributed by atoms with E-state index in [4.69, 9.17) is 10.5 Å². The Labute approximate surface area is 76.6 Å². The van der Waals surface area contributed by atoms with E-state index in [0.717, 1.165) is 0 Å². The molecule has 0 aliphatic carbocycles. The zero-order valence-corrected chi connectivity index (χ0v) is 7.49. The van der Waals surface area contributed by atoms with Gasteiger partial charge in [-0.1, -0.05) is 12.7 Å². The minimum Gasteiger partial charge on any atom is -0.457 e. The molecule has 1 aromatic rings. The molecule has 0 saturated heterocycles. The molecule has 0 amide bonds. The van der Waals surface area contributed by atoms with Gasteiger partial charge in [-0.3, -0.25) is 0 Å². The summed E-state index contributed by atoms with van der Waals surface area (Å²) in [5.41, 5.74) is 6.49. The van der Waals surface area contributed by atoms with Crippen molar-refractivity contribution in [1.82, 2.24) is 4.57 Å². The summed E-state index contributed by atoms with van der Waals surface area (Å²) in [5, 5.41) is 0. The van der Waals surface area contributed by atoms with E-state index in [2.05, 4.69) is 6.58 Å². The number of hydrogen-bond acceptors (Lipinski definition) is 3. The Morgan fingerprint density at radius 3 is 3.00 bits per heavy atom. The SMILES string of the molecule is C=CCOC(=O)c1cc(N)cn1C. The normalized spacial score (nSPS) is 9.62. The first-order chi connectivity index (χ1) is 6.15. The van der Waals surface area contributed by atoms with Gasteiger partial charge in [0, 0.05) is 13.2 Å². The second kappa shape index (κ2) is 3.80. The highest BCUT2D eigenvalue weighted by Gasteiger charge is 2.10. The molecule has 70 valence electrons. The van der Waals surface area contributed by atoms with Gasteiger partial charge in [0.25, 0.3) is 0 Å². The molecule has 1 heterocycles. The van der Waals surface area contributed by atoms with Crippen molar-refractivity contribution in [2.24, 2.45) is 7.05 Å². The van der Waals surface area contributed by atoms with E-state index in [9.17, 15) is 4.79 Å². The van der Waals surface area contributed by atoms with Crippen molar-refractivity contribution in [2.75, 3.05) is 12.3 Å². The molecule has 0 spiro atoms. The topological polar surface area (TPSA) is 57.2 Å². The zero-order valence-electron chi connectivity index (χ0n) is 7.49. The summed E-state index contributed by atoms with van der Waals surface area (Å²) in [6.07, 6.45) is 3.18. The summed E-state index contributed by atoms with van der Waals surface area (Å²) >= 11 is 0. The average Bonchev–Trinajstić information content (AvgIpc) is 2.41. The minimum absolute atomic E-state index is 0.212. The van der Waals surface area contributed by atoms with Crippen molar-refractivity contribution in [2.45, 2.75) is 0 Å². The van der Waals surface area contributed by atoms with Gasteiger partial charge in [0.15, 0.2) is 0 Å². The van der Waals surface area contributed by atoms with Crippen LogP contribution in [-0.4, -0.2) is 17.1 Å². The van der Waals surface area contributed by atoms with Gasteiger partial charge in [0.2, 0.25) is 0 Å². The highest BCUT2D eigenvalue weighted by Crippen LogP contribution is 2.09. The standard InChI is InChI=1S/C9H12N2O2/c1-3-4-13-9(12)8-5-7(10)6-11(8)2/h3,5-6H,1,4,10H2,2H3. The van der Waals surface area contributed by atoms with E-state index in [0.29, 0.717) is 11.4 Å². The van der Waals surface area contributed by atoms with Crippen LogP contribution in [0.3, 0.4) is 0 Å². The van der Waals surface area contributed by atoms with Crippen LogP contribution in [0.2, 0.25) is 0 Å². The Bertz CT molecular complexity index is 328. The molecule has 0 aromatic carbocycles. The number of anilines is 1. The van der Waals surface area contributed by atoms with Gasteiger partial charge in [0.1, 0.15) is 12.3 Å². The number of nitrogen functional groups attached to an aromatic ring is 1. The lowest BCUT2D eigenvalue weighted by molar-refractivity contribution is 0.0539. The fraction of sp³-hybridized carbons (Fsp3) is 0.222. The summed E-state index contributed by atoms with van der Waals surface area (Å²) in [5.74, 6) is -0.390. The van der Waals surface area contributed by atoms with Gasteiger partial charge < -0.3 is 15.0 Å². The average molecular weight is 180 g/mol. The van der Waals surface area contributed by atoms with Crippen LogP contribution in [0.4, 0.5) is 5.69 Å². The summed E-state index contributed by atoms with van der Waals surface area (Å²) < 4.78 is 6.46. The molecule has 0 radical (unpaired) electrons. The van der Waals surface area contributed by atoms with Crippen LogP contribution in [0.15, 0.2) is 24.9 Å². The van der Waals surface area contributed by atoms with E-state index in [-0.39, 0.29) is 12.6 Å². The van der Waals surface area contributed by atoms with Crippen molar-refractivity contribution in [1.29, 1.82) is 0 Å². The number of aromatic nitrogens is 1. The number of nitrogens with two attached hydrogens (primary N) is 1. The van der Waals surface area contributed by atoms with Crippen molar-refractivity contribution < 1.29 is 9.53 Å². The molecule has 0 unspecified atom stereocenters. The molecule has 0 atom stereocenters. The number of carbonyl (C=O) groups is 1. The summed E-state index contributed by atoms with van der Waals surface area (Å²) in [4.78, 5) is 11.3. The van der Waals surface area contributed by atoms with Crippen LogP contribution in [-0.2, 0) is 11.8 Å². The lowest BCUT2D eigenvalue weighted by atomic mass is 10.4. The molecule has 1 rings (SSSR count). The maximum atomic E-state index is 11.3. The van der Waals surface area contributed by atoms with Crippen LogP contribution in [0.5, 0.6) is 0 Å². The molecular weight excluding hydrogens is 168 g/mol. The van der Waals surface area contributed by atoms with E-state index in [1.807, 2.05) is 0 Å². The third-order valence-corrected chi connectivity index (χ3v) is 1.57. The van der Waals surface area contributed by atoms with E-state index < -0.39 is 0 Å². The van der Waals surface area contributed by atoms with Crippen LogP contribution in [0, 0.1) is 0 Å². The number of aryl methyl sites for hydroxylation is 1. The van der Waals surface area contributed by atoms with Gasteiger partial charge in [-0.05, 0) is 6.07 Å². The van der Waals surface area contributed by atoms with Crippen molar-refractivity contribution in [3.8, 4) is 0 Å². The Morgan fingerprint density at radius 1 is 1.85 bits per heavy atom. The number of carbonyl (C=O) groups excluding carboxylic acids is 1. The quantitative estimate of drug-likeness (QED) is 0.556. The second-order valence-electron chi connectivity index (χ2n) is 2.66. The fourth-order valence-corrected chi connectivity index (χ4v) is 1.00. The second-order valence-corrected chi connectivity index (χ2v) is 2.66. The molecule has 1 aromatic heterocycles.